The van der Waals surface area contributed by atoms with E-state index in [0.717, 1.165) is 12.8 Å². The second-order valence-corrected chi connectivity index (χ2v) is 2.70. The lowest BCUT2D eigenvalue weighted by molar-refractivity contribution is -0.143. The number of cyclic esters (lactones) is 1. The van der Waals surface area contributed by atoms with Crippen LogP contribution in [0.25, 0.3) is 0 Å². The Morgan fingerprint density at radius 3 is 3.00 bits per heavy atom. The summed E-state index contributed by atoms with van der Waals surface area (Å²) in [6.45, 7) is 5.49. The van der Waals surface area contributed by atoms with Crippen LogP contribution in [0.3, 0.4) is 0 Å². The van der Waals surface area contributed by atoms with Gasteiger partial charge in [-0.25, -0.2) is 0 Å². The predicted octanol–water partition coefficient (Wildman–Crippen LogP) is 1.51. The average molecular weight is 140 g/mol. The lowest BCUT2D eigenvalue weighted by atomic mass is 10.0. The summed E-state index contributed by atoms with van der Waals surface area (Å²) in [5.74, 6) is 0.0138. The first-order valence-electron chi connectivity index (χ1n) is 3.55. The van der Waals surface area contributed by atoms with Gasteiger partial charge in [0.1, 0.15) is 0 Å². The molecule has 0 aromatic rings. The monoisotopic (exact) mass is 140 g/mol. The van der Waals surface area contributed by atoms with Gasteiger partial charge in [0.25, 0.3) is 0 Å². The molecule has 10 heavy (non-hydrogen) atoms. The summed E-state index contributed by atoms with van der Waals surface area (Å²) in [5.41, 5.74) is 0. The Kier molecular flexibility index (Phi) is 2.10. The first kappa shape index (κ1) is 7.32. The number of allylic oxidation sites excluding steroid dienone is 1. The number of hydrogen-bond acceptors (Lipinski definition) is 2. The molecule has 0 aromatic carbocycles. The average Bonchev–Trinajstić information content (AvgIpc) is 2.13. The van der Waals surface area contributed by atoms with Gasteiger partial charge < -0.3 is 4.74 Å². The van der Waals surface area contributed by atoms with Crippen LogP contribution in [-0.2, 0) is 9.53 Å². The smallest absolute Gasteiger partial charge is 0.309 e. The zero-order valence-electron chi connectivity index (χ0n) is 6.17. The topological polar surface area (TPSA) is 26.3 Å². The molecule has 2 heteroatoms. The highest BCUT2D eigenvalue weighted by Crippen LogP contribution is 2.23. The summed E-state index contributed by atoms with van der Waals surface area (Å²) in [6.07, 6.45) is 3.48. The van der Waals surface area contributed by atoms with Crippen molar-refractivity contribution in [3.8, 4) is 0 Å². The summed E-state index contributed by atoms with van der Waals surface area (Å²) >= 11 is 0. The molecule has 2 atom stereocenters. The van der Waals surface area contributed by atoms with Gasteiger partial charge in [0.05, 0.1) is 12.0 Å². The maximum absolute atomic E-state index is 10.9. The fourth-order valence-corrected chi connectivity index (χ4v) is 1.23. The fraction of sp³-hybridized carbons (Fsp3) is 0.625. The number of carbonyl (C=O) groups is 1. The molecule has 2 nitrogen and oxygen atoms in total. The number of ether oxygens (including phenoxy) is 1. The molecular weight excluding hydrogens is 128 g/mol. The van der Waals surface area contributed by atoms with E-state index in [1.54, 1.807) is 6.08 Å². The van der Waals surface area contributed by atoms with E-state index in [1.807, 2.05) is 6.92 Å². The van der Waals surface area contributed by atoms with E-state index in [-0.39, 0.29) is 18.0 Å². The number of esters is 1. The maximum Gasteiger partial charge on any atom is 0.309 e. The molecule has 0 unspecified atom stereocenters. The summed E-state index contributed by atoms with van der Waals surface area (Å²) in [4.78, 5) is 10.9. The van der Waals surface area contributed by atoms with E-state index in [0.29, 0.717) is 0 Å². The highest BCUT2D eigenvalue weighted by atomic mass is 16.5. The summed E-state index contributed by atoms with van der Waals surface area (Å²) in [7, 11) is 0. The van der Waals surface area contributed by atoms with Gasteiger partial charge in [-0.05, 0) is 19.8 Å². The molecule has 1 aliphatic rings. The molecule has 1 aliphatic heterocycles. The van der Waals surface area contributed by atoms with Crippen molar-refractivity contribution in [3.05, 3.63) is 12.7 Å². The van der Waals surface area contributed by atoms with Gasteiger partial charge in [-0.1, -0.05) is 6.08 Å². The molecule has 0 saturated carbocycles. The summed E-state index contributed by atoms with van der Waals surface area (Å²) in [6, 6.07) is 0. The Morgan fingerprint density at radius 2 is 2.60 bits per heavy atom. The zero-order valence-corrected chi connectivity index (χ0v) is 6.17. The molecule has 56 valence electrons. The van der Waals surface area contributed by atoms with E-state index >= 15 is 0 Å². The Hall–Kier alpha value is -0.790. The van der Waals surface area contributed by atoms with Gasteiger partial charge in [-0.15, -0.1) is 6.58 Å². The van der Waals surface area contributed by atoms with E-state index in [9.17, 15) is 4.79 Å². The zero-order chi connectivity index (χ0) is 7.56. The van der Waals surface area contributed by atoms with Crippen LogP contribution in [-0.4, -0.2) is 12.1 Å². The van der Waals surface area contributed by atoms with Crippen molar-refractivity contribution < 1.29 is 9.53 Å². The number of rotatable bonds is 2. The third-order valence-corrected chi connectivity index (χ3v) is 1.72. The number of hydrogen-bond donors (Lipinski definition) is 0. The minimum absolute atomic E-state index is 0.0626. The van der Waals surface area contributed by atoms with Crippen molar-refractivity contribution in [2.24, 2.45) is 5.92 Å². The van der Waals surface area contributed by atoms with Gasteiger partial charge in [-0.2, -0.15) is 0 Å². The van der Waals surface area contributed by atoms with Crippen LogP contribution < -0.4 is 0 Å². The van der Waals surface area contributed by atoms with Crippen molar-refractivity contribution in [1.29, 1.82) is 0 Å². The van der Waals surface area contributed by atoms with Gasteiger partial charge in [0.2, 0.25) is 0 Å². The van der Waals surface area contributed by atoms with Crippen molar-refractivity contribution in [2.75, 3.05) is 0 Å². The van der Waals surface area contributed by atoms with Crippen molar-refractivity contribution in [3.63, 3.8) is 0 Å². The Labute approximate surface area is 60.9 Å². The normalized spacial score (nSPS) is 31.9. The molecule has 1 rings (SSSR count). The van der Waals surface area contributed by atoms with Crippen LogP contribution in [0, 0.1) is 5.92 Å². The Balaban J connectivity index is 2.46. The SMILES string of the molecule is C=CC[C@@H]1C[C@@H](C)OC1=O. The minimum Gasteiger partial charge on any atom is -0.462 e. The van der Waals surface area contributed by atoms with Crippen molar-refractivity contribution in [1.82, 2.24) is 0 Å². The number of carbonyl (C=O) groups excluding carboxylic acids is 1. The second-order valence-electron chi connectivity index (χ2n) is 2.70. The van der Waals surface area contributed by atoms with Crippen LogP contribution in [0.5, 0.6) is 0 Å². The highest BCUT2D eigenvalue weighted by molar-refractivity contribution is 5.74. The molecular formula is C8H12O2. The molecule has 1 saturated heterocycles. The van der Waals surface area contributed by atoms with E-state index in [2.05, 4.69) is 6.58 Å². The molecule has 0 aromatic heterocycles. The third-order valence-electron chi connectivity index (χ3n) is 1.72. The highest BCUT2D eigenvalue weighted by Gasteiger charge is 2.30. The summed E-state index contributed by atoms with van der Waals surface area (Å²) < 4.78 is 4.94. The predicted molar refractivity (Wildman–Crippen MR) is 38.5 cm³/mol. The van der Waals surface area contributed by atoms with Gasteiger partial charge in [0.15, 0.2) is 0 Å². The molecule has 0 bridgehead atoms. The van der Waals surface area contributed by atoms with Gasteiger partial charge in [0, 0.05) is 0 Å². The van der Waals surface area contributed by atoms with Crippen LogP contribution in [0.1, 0.15) is 19.8 Å². The minimum atomic E-state index is -0.0626. The first-order chi connectivity index (χ1) is 4.74. The molecule has 0 radical (unpaired) electrons. The Morgan fingerprint density at radius 1 is 1.90 bits per heavy atom. The quantitative estimate of drug-likeness (QED) is 0.429. The van der Waals surface area contributed by atoms with Crippen LogP contribution in [0.4, 0.5) is 0 Å². The van der Waals surface area contributed by atoms with Crippen LogP contribution >= 0.6 is 0 Å². The molecule has 0 amide bonds. The molecule has 1 fully saturated rings. The Bertz CT molecular complexity index is 151. The van der Waals surface area contributed by atoms with Crippen molar-refractivity contribution in [2.45, 2.75) is 25.9 Å². The van der Waals surface area contributed by atoms with Gasteiger partial charge >= 0.3 is 5.97 Å². The summed E-state index contributed by atoms with van der Waals surface area (Å²) in [5, 5.41) is 0. The largest absolute Gasteiger partial charge is 0.462 e. The van der Waals surface area contributed by atoms with E-state index in [4.69, 9.17) is 4.74 Å². The maximum atomic E-state index is 10.9. The van der Waals surface area contributed by atoms with Gasteiger partial charge in [-0.3, -0.25) is 4.79 Å². The second kappa shape index (κ2) is 2.86. The van der Waals surface area contributed by atoms with E-state index < -0.39 is 0 Å². The van der Waals surface area contributed by atoms with Crippen LogP contribution in [0.15, 0.2) is 12.7 Å². The van der Waals surface area contributed by atoms with Crippen molar-refractivity contribution >= 4 is 5.97 Å². The lowest BCUT2D eigenvalue weighted by Crippen LogP contribution is -2.05. The van der Waals surface area contributed by atoms with E-state index in [1.165, 1.54) is 0 Å². The fourth-order valence-electron chi connectivity index (χ4n) is 1.23. The standard InChI is InChI=1S/C8H12O2/c1-3-4-7-5-6(2)10-8(7)9/h3,6-7H,1,4-5H2,2H3/t6-,7-/m1/s1. The molecule has 0 aliphatic carbocycles. The molecule has 0 N–H and O–H groups in total. The lowest BCUT2D eigenvalue weighted by Gasteiger charge is -1.96. The third kappa shape index (κ3) is 1.38. The molecule has 1 heterocycles. The first-order valence-corrected chi connectivity index (χ1v) is 3.55. The molecule has 0 spiro atoms. The van der Waals surface area contributed by atoms with Crippen LogP contribution in [0.2, 0.25) is 0 Å².